The van der Waals surface area contributed by atoms with E-state index in [-0.39, 0.29) is 62.5 Å². The molecule has 0 amide bonds. The average Bonchev–Trinajstić information content (AvgIpc) is 3.21. The molecule has 1 fully saturated rings. The maximum atomic E-state index is 11.9. The van der Waals surface area contributed by atoms with Crippen molar-refractivity contribution in [3.05, 3.63) is 18.6 Å². The molecule has 0 radical (unpaired) electrons. The zero-order valence-corrected chi connectivity index (χ0v) is 11.3. The molecule has 9 heteroatoms. The number of ether oxygens (including phenoxy) is 1. The molecule has 2 rings (SSSR count). The fourth-order valence-corrected chi connectivity index (χ4v) is 3.09. The Kier molecular flexibility index (Phi) is 7.19. The quantitative estimate of drug-likeness (QED) is 0.564. The van der Waals surface area contributed by atoms with Gasteiger partial charge in [0, 0.05) is 12.3 Å². The van der Waals surface area contributed by atoms with E-state index in [2.05, 4.69) is 14.7 Å². The van der Waals surface area contributed by atoms with E-state index < -0.39 is 22.0 Å². The molecule has 0 bridgehead atoms. The zero-order chi connectivity index (χ0) is 13.9. The van der Waals surface area contributed by atoms with E-state index in [0.717, 1.165) is 0 Å². The van der Waals surface area contributed by atoms with Crippen LogP contribution in [0.1, 0.15) is 26.2 Å². The number of nitrogens with one attached hydrogen (secondary N) is 1. The standard InChI is InChI=1S/C11H15N3O4S.K.H/c1-2-9(14-19(16,17)8-3-4-8)11(15)18-10-5-6-12-7-13-10;;/h5-9,14H,2-4H2,1H3;;. The van der Waals surface area contributed by atoms with Crippen molar-refractivity contribution in [1.82, 2.24) is 14.7 Å². The van der Waals surface area contributed by atoms with Gasteiger partial charge in [-0.05, 0) is 19.3 Å². The molecule has 1 aliphatic carbocycles. The molecule has 1 N–H and O–H groups in total. The first-order valence-electron chi connectivity index (χ1n) is 6.01. The van der Waals surface area contributed by atoms with Gasteiger partial charge < -0.3 is 4.74 Å². The van der Waals surface area contributed by atoms with Gasteiger partial charge in [-0.15, -0.1) is 0 Å². The maximum absolute atomic E-state index is 11.9. The third kappa shape index (κ3) is 5.13. The minimum atomic E-state index is -3.42. The predicted molar refractivity (Wildman–Crippen MR) is 74.0 cm³/mol. The summed E-state index contributed by atoms with van der Waals surface area (Å²) in [6, 6.07) is 0.542. The number of aromatic nitrogens is 2. The van der Waals surface area contributed by atoms with Crippen molar-refractivity contribution in [2.45, 2.75) is 37.5 Å². The molecule has 1 heterocycles. The van der Waals surface area contributed by atoms with E-state index in [1.807, 2.05) is 0 Å². The van der Waals surface area contributed by atoms with E-state index >= 15 is 0 Å². The van der Waals surface area contributed by atoms with Crippen LogP contribution in [0.4, 0.5) is 0 Å². The van der Waals surface area contributed by atoms with Gasteiger partial charge >= 0.3 is 57.4 Å². The van der Waals surface area contributed by atoms with Crippen LogP contribution >= 0.6 is 0 Å². The van der Waals surface area contributed by atoms with Crippen LogP contribution < -0.4 is 9.46 Å². The summed E-state index contributed by atoms with van der Waals surface area (Å²) in [6.45, 7) is 1.71. The molecule has 1 saturated carbocycles. The Bertz CT molecular complexity index is 548. The minimum absolute atomic E-state index is 0. The van der Waals surface area contributed by atoms with Gasteiger partial charge in [0.25, 0.3) is 0 Å². The van der Waals surface area contributed by atoms with E-state index in [9.17, 15) is 13.2 Å². The molecule has 0 spiro atoms. The van der Waals surface area contributed by atoms with Crippen molar-refractivity contribution in [2.24, 2.45) is 0 Å². The predicted octanol–water partition coefficient (Wildman–Crippen LogP) is -0.406. The van der Waals surface area contributed by atoms with Crippen LogP contribution in [0.25, 0.3) is 0 Å². The molecule has 1 aromatic rings. The summed E-state index contributed by atoms with van der Waals surface area (Å²) >= 11 is 0. The molecule has 0 aromatic carbocycles. The number of hydrogen-bond donors (Lipinski definition) is 1. The van der Waals surface area contributed by atoms with Crippen LogP contribution in [-0.2, 0) is 14.8 Å². The van der Waals surface area contributed by atoms with Gasteiger partial charge in [0.15, 0.2) is 0 Å². The van der Waals surface area contributed by atoms with Crippen LogP contribution in [0, 0.1) is 0 Å². The van der Waals surface area contributed by atoms with Crippen molar-refractivity contribution in [2.75, 3.05) is 0 Å². The fraction of sp³-hybridized carbons (Fsp3) is 0.545. The Hall–Kier alpha value is 0.0964. The van der Waals surface area contributed by atoms with E-state index in [0.29, 0.717) is 19.3 Å². The molecule has 20 heavy (non-hydrogen) atoms. The second-order valence-corrected chi connectivity index (χ2v) is 6.28. The summed E-state index contributed by atoms with van der Waals surface area (Å²) in [5, 5.41) is -0.367. The first kappa shape index (κ1) is 18.1. The van der Waals surface area contributed by atoms with Gasteiger partial charge in [0.05, 0.1) is 5.25 Å². The Morgan fingerprint density at radius 1 is 1.55 bits per heavy atom. The van der Waals surface area contributed by atoms with Gasteiger partial charge in [-0.3, -0.25) is 0 Å². The van der Waals surface area contributed by atoms with Gasteiger partial charge in [0.2, 0.25) is 15.9 Å². The number of carbonyl (C=O) groups is 1. The Morgan fingerprint density at radius 3 is 2.75 bits per heavy atom. The number of nitrogens with zero attached hydrogens (tertiary/aromatic N) is 2. The average molecular weight is 325 g/mol. The Labute approximate surface area is 160 Å². The molecule has 0 saturated heterocycles. The second kappa shape index (κ2) is 7.92. The molecule has 1 atom stereocenters. The zero-order valence-electron chi connectivity index (χ0n) is 10.4. The first-order valence-corrected chi connectivity index (χ1v) is 7.56. The van der Waals surface area contributed by atoms with Crippen molar-refractivity contribution in [3.8, 4) is 5.88 Å². The number of carbonyl (C=O) groups excluding carboxylic acids is 1. The van der Waals surface area contributed by atoms with Crippen molar-refractivity contribution >= 4 is 67.4 Å². The monoisotopic (exact) mass is 325 g/mol. The topological polar surface area (TPSA) is 98.2 Å². The van der Waals surface area contributed by atoms with Crippen molar-refractivity contribution < 1.29 is 17.9 Å². The van der Waals surface area contributed by atoms with Gasteiger partial charge in [-0.25, -0.2) is 27.9 Å². The Balaban J connectivity index is 0.00000200. The van der Waals surface area contributed by atoms with E-state index in [1.165, 1.54) is 18.6 Å². The summed E-state index contributed by atoms with van der Waals surface area (Å²) in [6.07, 6.45) is 4.29. The van der Waals surface area contributed by atoms with E-state index in [1.54, 1.807) is 6.92 Å². The summed E-state index contributed by atoms with van der Waals surface area (Å²) in [5.74, 6) is -0.561. The van der Waals surface area contributed by atoms with Gasteiger partial charge in [-0.1, -0.05) is 6.92 Å². The summed E-state index contributed by atoms with van der Waals surface area (Å²) in [4.78, 5) is 19.3. The number of esters is 1. The van der Waals surface area contributed by atoms with Crippen LogP contribution in [0.3, 0.4) is 0 Å². The SMILES string of the molecule is CCC(NS(=O)(=O)C1CC1)C(=O)Oc1ccncn1.[KH]. The third-order valence-electron chi connectivity index (χ3n) is 2.72. The fourth-order valence-electron chi connectivity index (χ4n) is 1.48. The van der Waals surface area contributed by atoms with Crippen molar-refractivity contribution in [1.29, 1.82) is 0 Å². The first-order chi connectivity index (χ1) is 9.03. The Morgan fingerprint density at radius 2 is 2.25 bits per heavy atom. The third-order valence-corrected chi connectivity index (χ3v) is 4.68. The molecule has 1 unspecified atom stereocenters. The molecule has 1 aromatic heterocycles. The molecule has 106 valence electrons. The molecule has 0 aliphatic heterocycles. The number of hydrogen-bond acceptors (Lipinski definition) is 6. The molecular weight excluding hydrogens is 309 g/mol. The van der Waals surface area contributed by atoms with Crippen molar-refractivity contribution in [3.63, 3.8) is 0 Å². The molecular formula is C11H16KN3O4S. The van der Waals surface area contributed by atoms with Crippen LogP contribution in [0.2, 0.25) is 0 Å². The molecule has 1 aliphatic rings. The summed E-state index contributed by atoms with van der Waals surface area (Å²) < 4.78 is 30.9. The van der Waals surface area contributed by atoms with Crippen LogP contribution in [0.15, 0.2) is 18.6 Å². The van der Waals surface area contributed by atoms with Gasteiger partial charge in [-0.2, -0.15) is 0 Å². The van der Waals surface area contributed by atoms with E-state index in [4.69, 9.17) is 4.74 Å². The summed E-state index contributed by atoms with van der Waals surface area (Å²) in [5.41, 5.74) is 0. The summed E-state index contributed by atoms with van der Waals surface area (Å²) in [7, 11) is -3.42. The van der Waals surface area contributed by atoms with Crippen LogP contribution in [-0.4, -0.2) is 87.0 Å². The number of sulfonamides is 1. The number of rotatable bonds is 6. The molecule has 7 nitrogen and oxygen atoms in total. The van der Waals surface area contributed by atoms with Crippen LogP contribution in [0.5, 0.6) is 5.88 Å². The second-order valence-electron chi connectivity index (χ2n) is 4.29. The van der Waals surface area contributed by atoms with Gasteiger partial charge in [0.1, 0.15) is 12.4 Å². The normalized spacial score (nSPS) is 16.1.